The predicted octanol–water partition coefficient (Wildman–Crippen LogP) is 4.78. The maximum absolute atomic E-state index is 12.4. The lowest BCUT2D eigenvalue weighted by molar-refractivity contribution is 0.0982. The van der Waals surface area contributed by atoms with Crippen LogP contribution < -0.4 is 7.84 Å². The molecule has 1 aromatic heterocycles. The third-order valence-electron chi connectivity index (χ3n) is 6.51. The molecule has 1 fully saturated rings. The lowest BCUT2D eigenvalue weighted by Gasteiger charge is -2.24. The van der Waals surface area contributed by atoms with Gasteiger partial charge < -0.3 is 7.68 Å². The quantitative estimate of drug-likeness (QED) is 0.280. The normalized spacial score (nSPS) is 16.8. The van der Waals surface area contributed by atoms with E-state index >= 15 is 0 Å². The number of para-hydroxylation sites is 1. The standard InChI is InChI=1S/C23H24IN3O3S/c24-27-13-12-26-20-14-16(23(28)25-31(29)30)10-11-17(20)21(15-6-2-1-3-7-15)22(26)18-8-4-5-9-19(18)27/h4-5,8-11,14-15,31H,1-3,6-7,12-13H2,(H,25,28,29,30). The average Bonchev–Trinajstić information content (AvgIpc) is 3.03. The van der Waals surface area contributed by atoms with Crippen LogP contribution in [-0.4, -0.2) is 25.4 Å². The minimum Gasteiger partial charge on any atom is -0.338 e. The third-order valence-corrected chi connectivity index (χ3v) is 7.90. The summed E-state index contributed by atoms with van der Waals surface area (Å²) in [5.74, 6) is -0.0885. The fourth-order valence-electron chi connectivity index (χ4n) is 5.19. The van der Waals surface area contributed by atoms with Crippen LogP contribution in [0.25, 0.3) is 22.2 Å². The molecule has 2 aromatic carbocycles. The van der Waals surface area contributed by atoms with Crippen molar-refractivity contribution in [2.24, 2.45) is 0 Å². The van der Waals surface area contributed by atoms with Crippen molar-refractivity contribution in [3.8, 4) is 11.3 Å². The zero-order chi connectivity index (χ0) is 21.5. The molecule has 2 aliphatic rings. The van der Waals surface area contributed by atoms with E-state index in [1.807, 2.05) is 16.9 Å². The molecule has 0 bridgehead atoms. The highest BCUT2D eigenvalue weighted by atomic mass is 127. The van der Waals surface area contributed by atoms with Gasteiger partial charge in [-0.3, -0.25) is 9.52 Å². The van der Waals surface area contributed by atoms with Crippen molar-refractivity contribution in [1.82, 2.24) is 9.29 Å². The summed E-state index contributed by atoms with van der Waals surface area (Å²) >= 11 is 2.38. The van der Waals surface area contributed by atoms with Crippen molar-refractivity contribution < 1.29 is 13.2 Å². The second kappa shape index (κ2) is 8.46. The van der Waals surface area contributed by atoms with Gasteiger partial charge in [-0.25, -0.2) is 8.42 Å². The number of anilines is 1. The molecule has 0 spiro atoms. The number of amides is 1. The first kappa shape index (κ1) is 20.8. The minimum absolute atomic E-state index is 0.367. The Bertz CT molecular complexity index is 1240. The van der Waals surface area contributed by atoms with Gasteiger partial charge in [0.15, 0.2) is 0 Å². The van der Waals surface area contributed by atoms with E-state index in [2.05, 4.69) is 54.8 Å². The number of thiol groups is 1. The molecule has 1 N–H and O–H groups in total. The fraction of sp³-hybridized carbons (Fsp3) is 0.348. The van der Waals surface area contributed by atoms with Gasteiger partial charge in [-0.05, 0) is 42.5 Å². The Kier molecular flexibility index (Phi) is 5.68. The maximum Gasteiger partial charge on any atom is 0.264 e. The van der Waals surface area contributed by atoms with Gasteiger partial charge in [0.1, 0.15) is 0 Å². The summed E-state index contributed by atoms with van der Waals surface area (Å²) < 4.78 is 28.6. The van der Waals surface area contributed by atoms with E-state index in [1.165, 1.54) is 60.0 Å². The van der Waals surface area contributed by atoms with Crippen LogP contribution in [0.3, 0.4) is 0 Å². The van der Waals surface area contributed by atoms with Crippen LogP contribution in [0, 0.1) is 0 Å². The Hall–Kier alpha value is -2.07. The number of halogens is 1. The van der Waals surface area contributed by atoms with Crippen LogP contribution in [0.15, 0.2) is 42.5 Å². The molecule has 0 saturated heterocycles. The molecular weight excluding hydrogens is 525 g/mol. The summed E-state index contributed by atoms with van der Waals surface area (Å²) in [4.78, 5) is 12.4. The second-order valence-electron chi connectivity index (χ2n) is 8.28. The van der Waals surface area contributed by atoms with Crippen LogP contribution >= 0.6 is 22.9 Å². The highest BCUT2D eigenvalue weighted by Crippen LogP contribution is 2.47. The molecule has 8 heteroatoms. The molecule has 0 unspecified atom stereocenters. The first-order valence-electron chi connectivity index (χ1n) is 10.7. The molecule has 1 saturated carbocycles. The van der Waals surface area contributed by atoms with Crippen molar-refractivity contribution >= 4 is 56.3 Å². The van der Waals surface area contributed by atoms with Crippen molar-refractivity contribution in [3.63, 3.8) is 0 Å². The molecule has 1 aliphatic carbocycles. The number of nitrogens with zero attached hydrogens (tertiary/aromatic N) is 2. The predicted molar refractivity (Wildman–Crippen MR) is 132 cm³/mol. The topological polar surface area (TPSA) is 71.4 Å². The summed E-state index contributed by atoms with van der Waals surface area (Å²) in [5, 5.41) is 1.18. The van der Waals surface area contributed by atoms with Gasteiger partial charge in [-0.1, -0.05) is 43.5 Å². The largest absolute Gasteiger partial charge is 0.338 e. The summed E-state index contributed by atoms with van der Waals surface area (Å²) in [6.07, 6.45) is 6.14. The summed E-state index contributed by atoms with van der Waals surface area (Å²) in [5.41, 5.74) is 6.44. The number of aromatic nitrogens is 1. The van der Waals surface area contributed by atoms with Gasteiger partial charge >= 0.3 is 0 Å². The Labute approximate surface area is 197 Å². The Balaban J connectivity index is 1.78. The molecule has 1 amide bonds. The Morgan fingerprint density at radius 1 is 1.03 bits per heavy atom. The fourth-order valence-corrected chi connectivity index (χ4v) is 6.12. The highest BCUT2D eigenvalue weighted by molar-refractivity contribution is 14.1. The van der Waals surface area contributed by atoms with Gasteiger partial charge in [0.25, 0.3) is 5.91 Å². The molecule has 3 aromatic rings. The van der Waals surface area contributed by atoms with Crippen LogP contribution in [0.1, 0.15) is 53.9 Å². The number of fused-ring (bicyclic) bond motifs is 5. The van der Waals surface area contributed by atoms with Gasteiger partial charge in [-0.15, -0.1) is 0 Å². The van der Waals surface area contributed by atoms with E-state index in [0.717, 1.165) is 18.6 Å². The molecule has 1 aliphatic heterocycles. The number of rotatable bonds is 3. The van der Waals surface area contributed by atoms with E-state index in [-0.39, 0.29) is 0 Å². The van der Waals surface area contributed by atoms with E-state index in [9.17, 15) is 13.2 Å². The van der Waals surface area contributed by atoms with Crippen molar-refractivity contribution in [2.75, 3.05) is 9.66 Å². The summed E-state index contributed by atoms with van der Waals surface area (Å²) in [7, 11) is -2.98. The zero-order valence-corrected chi connectivity index (χ0v) is 20.1. The Morgan fingerprint density at radius 2 is 1.81 bits per heavy atom. The van der Waals surface area contributed by atoms with Gasteiger partial charge in [0, 0.05) is 35.1 Å². The SMILES string of the molecule is O=C(N[SH](=O)=O)c1ccc2c(C3CCCCC3)c3n(c2c1)CCN(I)c1ccccc1-3. The number of carbonyl (C=O) groups excluding carboxylic acids is 1. The number of carbonyl (C=O) groups is 1. The first-order valence-corrected chi connectivity index (χ1v) is 12.8. The van der Waals surface area contributed by atoms with E-state index in [1.54, 1.807) is 6.07 Å². The summed E-state index contributed by atoms with van der Waals surface area (Å²) in [6.45, 7) is 1.65. The number of hydrogen-bond donors (Lipinski definition) is 2. The van der Waals surface area contributed by atoms with E-state index in [0.29, 0.717) is 11.5 Å². The van der Waals surface area contributed by atoms with Crippen molar-refractivity contribution in [3.05, 3.63) is 53.6 Å². The lowest BCUT2D eigenvalue weighted by atomic mass is 9.81. The van der Waals surface area contributed by atoms with Crippen LogP contribution in [0.4, 0.5) is 5.69 Å². The monoisotopic (exact) mass is 549 g/mol. The highest BCUT2D eigenvalue weighted by Gasteiger charge is 2.30. The lowest BCUT2D eigenvalue weighted by Crippen LogP contribution is -2.21. The van der Waals surface area contributed by atoms with Gasteiger partial charge in [0.05, 0.1) is 34.2 Å². The average molecular weight is 549 g/mol. The molecule has 0 atom stereocenters. The van der Waals surface area contributed by atoms with Gasteiger partial charge in [-0.2, -0.15) is 0 Å². The molecule has 6 nitrogen and oxygen atoms in total. The minimum atomic E-state index is -2.98. The third kappa shape index (κ3) is 3.73. The second-order valence-corrected chi connectivity index (χ2v) is 10.2. The van der Waals surface area contributed by atoms with Crippen molar-refractivity contribution in [1.29, 1.82) is 0 Å². The van der Waals surface area contributed by atoms with E-state index in [4.69, 9.17) is 0 Å². The maximum atomic E-state index is 12.4. The smallest absolute Gasteiger partial charge is 0.264 e. The number of benzene rings is 2. The molecule has 2 heterocycles. The molecular formula is C23H24IN3O3S. The van der Waals surface area contributed by atoms with Crippen LogP contribution in [-0.2, 0) is 17.4 Å². The molecule has 31 heavy (non-hydrogen) atoms. The summed E-state index contributed by atoms with van der Waals surface area (Å²) in [6, 6.07) is 14.1. The van der Waals surface area contributed by atoms with Crippen LogP contribution in [0.2, 0.25) is 0 Å². The molecule has 0 radical (unpaired) electrons. The van der Waals surface area contributed by atoms with E-state index < -0.39 is 16.8 Å². The van der Waals surface area contributed by atoms with Gasteiger partial charge in [0.2, 0.25) is 10.9 Å². The number of hydrogen-bond acceptors (Lipinski definition) is 4. The Morgan fingerprint density at radius 3 is 2.58 bits per heavy atom. The molecule has 162 valence electrons. The first-order chi connectivity index (χ1) is 15.0. The number of nitrogens with one attached hydrogen (secondary N) is 1. The zero-order valence-electron chi connectivity index (χ0n) is 17.0. The molecule has 5 rings (SSSR count). The van der Waals surface area contributed by atoms with Crippen LogP contribution in [0.5, 0.6) is 0 Å². The van der Waals surface area contributed by atoms with Crippen molar-refractivity contribution in [2.45, 2.75) is 44.6 Å².